The zero-order valence-electron chi connectivity index (χ0n) is 11.1. The average Bonchev–Trinajstić information content (AvgIpc) is 3.08. The highest BCUT2D eigenvalue weighted by Crippen LogP contribution is 2.37. The fourth-order valence-corrected chi connectivity index (χ4v) is 4.24. The smallest absolute Gasteiger partial charge is 0.263 e. The normalized spacial score (nSPS) is 10.9. The third kappa shape index (κ3) is 2.90. The van der Waals surface area contributed by atoms with Crippen molar-refractivity contribution in [1.29, 1.82) is 0 Å². The minimum atomic E-state index is -0.138. The number of amides is 1. The van der Waals surface area contributed by atoms with Crippen LogP contribution in [0.4, 0.5) is 5.69 Å². The van der Waals surface area contributed by atoms with E-state index in [9.17, 15) is 4.79 Å². The van der Waals surface area contributed by atoms with Gasteiger partial charge in [-0.2, -0.15) is 0 Å². The Bertz CT molecular complexity index is 780. The van der Waals surface area contributed by atoms with Crippen LogP contribution in [0, 0.1) is 0 Å². The lowest BCUT2D eigenvalue weighted by atomic mass is 10.2. The van der Waals surface area contributed by atoms with Gasteiger partial charge in [-0.05, 0) is 30.0 Å². The van der Waals surface area contributed by atoms with Crippen molar-refractivity contribution >= 4 is 56.0 Å². The maximum absolute atomic E-state index is 12.3. The van der Waals surface area contributed by atoms with Gasteiger partial charge in [-0.3, -0.25) is 4.79 Å². The number of anilines is 1. The molecule has 108 valence electrons. The molecule has 0 spiro atoms. The first-order chi connectivity index (χ1) is 10.2. The summed E-state index contributed by atoms with van der Waals surface area (Å²) in [4.78, 5) is 14.0. The Hall–Kier alpha value is -1.56. The molecule has 3 rings (SSSR count). The Kier molecular flexibility index (Phi) is 4.14. The van der Waals surface area contributed by atoms with Crippen LogP contribution in [0.2, 0.25) is 5.02 Å². The van der Waals surface area contributed by atoms with Crippen LogP contribution in [-0.2, 0) is 6.42 Å². The number of rotatable bonds is 4. The molecule has 0 aliphatic heterocycles. The molecule has 0 radical (unpaired) electrons. The van der Waals surface area contributed by atoms with Gasteiger partial charge in [-0.25, -0.2) is 0 Å². The molecule has 21 heavy (non-hydrogen) atoms. The predicted molar refractivity (Wildman–Crippen MR) is 91.6 cm³/mol. The van der Waals surface area contributed by atoms with Crippen LogP contribution >= 0.6 is 34.3 Å². The maximum Gasteiger partial charge on any atom is 0.263 e. The molecule has 0 fully saturated rings. The zero-order chi connectivity index (χ0) is 14.8. The number of benzene rings is 1. The van der Waals surface area contributed by atoms with Gasteiger partial charge < -0.3 is 11.1 Å². The highest BCUT2D eigenvalue weighted by molar-refractivity contribution is 7.21. The molecule has 3 aromatic rings. The summed E-state index contributed by atoms with van der Waals surface area (Å²) in [6.45, 7) is 0.598. The van der Waals surface area contributed by atoms with Crippen LogP contribution in [0.15, 0.2) is 35.7 Å². The second-order valence-corrected chi connectivity index (χ2v) is 7.03. The van der Waals surface area contributed by atoms with Crippen LogP contribution in [0.1, 0.15) is 14.5 Å². The largest absolute Gasteiger partial charge is 0.397 e. The molecular weight excluding hydrogens is 324 g/mol. The van der Waals surface area contributed by atoms with Gasteiger partial charge in [0.25, 0.3) is 5.91 Å². The van der Waals surface area contributed by atoms with Crippen LogP contribution < -0.4 is 11.1 Å². The molecule has 1 aromatic carbocycles. The molecule has 2 aromatic heterocycles. The standard InChI is InChI=1S/C15H13ClN2OS2/c16-10-4-1-5-11-12(10)13(17)14(21-11)15(19)18-7-6-9-3-2-8-20-9/h1-5,8H,6-7,17H2,(H,18,19). The fraction of sp³-hybridized carbons (Fsp3) is 0.133. The third-order valence-electron chi connectivity index (χ3n) is 3.14. The van der Waals surface area contributed by atoms with Crippen molar-refractivity contribution in [2.75, 3.05) is 12.3 Å². The van der Waals surface area contributed by atoms with Crippen LogP contribution in [0.25, 0.3) is 10.1 Å². The molecule has 0 bridgehead atoms. The van der Waals surface area contributed by atoms with E-state index < -0.39 is 0 Å². The van der Waals surface area contributed by atoms with Gasteiger partial charge in [0.15, 0.2) is 0 Å². The Morgan fingerprint density at radius 1 is 1.29 bits per heavy atom. The molecule has 0 atom stereocenters. The third-order valence-corrected chi connectivity index (χ3v) is 5.57. The van der Waals surface area contributed by atoms with Crippen LogP contribution in [0.5, 0.6) is 0 Å². The number of nitrogens with one attached hydrogen (secondary N) is 1. The molecule has 0 saturated heterocycles. The Balaban J connectivity index is 1.75. The van der Waals surface area contributed by atoms with Crippen molar-refractivity contribution in [2.24, 2.45) is 0 Å². The molecule has 6 heteroatoms. The van der Waals surface area contributed by atoms with Crippen molar-refractivity contribution in [3.05, 3.63) is 50.5 Å². The fourth-order valence-electron chi connectivity index (χ4n) is 2.13. The van der Waals surface area contributed by atoms with Crippen molar-refractivity contribution < 1.29 is 4.79 Å². The lowest BCUT2D eigenvalue weighted by molar-refractivity contribution is 0.0959. The number of nitrogen functional groups attached to an aromatic ring is 1. The van der Waals surface area contributed by atoms with Crippen molar-refractivity contribution in [3.8, 4) is 0 Å². The molecular formula is C15H13ClN2OS2. The zero-order valence-corrected chi connectivity index (χ0v) is 13.4. The quantitative estimate of drug-likeness (QED) is 0.751. The SMILES string of the molecule is Nc1c(C(=O)NCCc2cccs2)sc2cccc(Cl)c12. The number of carbonyl (C=O) groups excluding carboxylic acids is 1. The molecule has 1 amide bonds. The van der Waals surface area contributed by atoms with Gasteiger partial charge in [0.1, 0.15) is 4.88 Å². The summed E-state index contributed by atoms with van der Waals surface area (Å²) in [7, 11) is 0. The molecule has 2 heterocycles. The number of fused-ring (bicyclic) bond motifs is 1. The van der Waals surface area contributed by atoms with Gasteiger partial charge in [0.2, 0.25) is 0 Å². The van der Waals surface area contributed by atoms with E-state index in [-0.39, 0.29) is 5.91 Å². The first-order valence-electron chi connectivity index (χ1n) is 6.44. The summed E-state index contributed by atoms with van der Waals surface area (Å²) in [6, 6.07) is 9.63. The Morgan fingerprint density at radius 3 is 2.86 bits per heavy atom. The second kappa shape index (κ2) is 6.05. The summed E-state index contributed by atoms with van der Waals surface area (Å²) >= 11 is 9.21. The summed E-state index contributed by atoms with van der Waals surface area (Å²) in [5, 5.41) is 6.30. The topological polar surface area (TPSA) is 55.1 Å². The molecule has 0 unspecified atom stereocenters. The molecule has 3 nitrogen and oxygen atoms in total. The summed E-state index contributed by atoms with van der Waals surface area (Å²) in [5.41, 5.74) is 6.54. The van der Waals surface area contributed by atoms with Crippen LogP contribution in [-0.4, -0.2) is 12.5 Å². The van der Waals surface area contributed by atoms with Crippen molar-refractivity contribution in [3.63, 3.8) is 0 Å². The van der Waals surface area contributed by atoms with Gasteiger partial charge >= 0.3 is 0 Å². The summed E-state index contributed by atoms with van der Waals surface area (Å²) < 4.78 is 0.934. The summed E-state index contributed by atoms with van der Waals surface area (Å²) in [6.07, 6.45) is 0.828. The van der Waals surface area contributed by atoms with Gasteiger partial charge in [-0.1, -0.05) is 23.7 Å². The van der Waals surface area contributed by atoms with Gasteiger partial charge in [-0.15, -0.1) is 22.7 Å². The van der Waals surface area contributed by atoms with E-state index in [2.05, 4.69) is 11.4 Å². The van der Waals surface area contributed by atoms with E-state index in [0.29, 0.717) is 22.1 Å². The monoisotopic (exact) mass is 336 g/mol. The number of thiophene rings is 2. The summed E-state index contributed by atoms with van der Waals surface area (Å²) in [5.74, 6) is -0.138. The highest BCUT2D eigenvalue weighted by atomic mass is 35.5. The number of hydrogen-bond acceptors (Lipinski definition) is 4. The van der Waals surface area contributed by atoms with Crippen molar-refractivity contribution in [1.82, 2.24) is 5.32 Å². The Labute approximate surface area is 135 Å². The molecule has 0 saturated carbocycles. The minimum Gasteiger partial charge on any atom is -0.397 e. The van der Waals surface area contributed by atoms with E-state index in [1.807, 2.05) is 23.6 Å². The highest BCUT2D eigenvalue weighted by Gasteiger charge is 2.17. The molecule has 3 N–H and O–H groups in total. The first-order valence-corrected chi connectivity index (χ1v) is 8.51. The van der Waals surface area contributed by atoms with Crippen LogP contribution in [0.3, 0.4) is 0 Å². The van der Waals surface area contributed by atoms with E-state index in [1.54, 1.807) is 17.4 Å². The number of hydrogen-bond donors (Lipinski definition) is 2. The molecule has 0 aliphatic rings. The second-order valence-electron chi connectivity index (χ2n) is 4.54. The van der Waals surface area contributed by atoms with Gasteiger partial charge in [0, 0.05) is 21.5 Å². The maximum atomic E-state index is 12.3. The molecule has 0 aliphatic carbocycles. The number of halogens is 1. The Morgan fingerprint density at radius 2 is 2.14 bits per heavy atom. The van der Waals surface area contributed by atoms with E-state index in [0.717, 1.165) is 16.5 Å². The lowest BCUT2D eigenvalue weighted by Gasteiger charge is -2.03. The van der Waals surface area contributed by atoms with Gasteiger partial charge in [0.05, 0.1) is 10.7 Å². The van der Waals surface area contributed by atoms with E-state index >= 15 is 0 Å². The predicted octanol–water partition coefficient (Wildman–Crippen LogP) is 4.17. The van der Waals surface area contributed by atoms with E-state index in [1.165, 1.54) is 16.2 Å². The minimum absolute atomic E-state index is 0.138. The first kappa shape index (κ1) is 14.4. The van der Waals surface area contributed by atoms with Crippen molar-refractivity contribution in [2.45, 2.75) is 6.42 Å². The number of nitrogens with two attached hydrogens (primary N) is 1. The van der Waals surface area contributed by atoms with E-state index in [4.69, 9.17) is 17.3 Å². The average molecular weight is 337 g/mol. The number of carbonyl (C=O) groups is 1. The lowest BCUT2D eigenvalue weighted by Crippen LogP contribution is -2.25.